The predicted molar refractivity (Wildman–Crippen MR) is 71.8 cm³/mol. The van der Waals surface area contributed by atoms with E-state index in [4.69, 9.17) is 17.3 Å². The molecule has 2 aromatic rings. The van der Waals surface area contributed by atoms with Gasteiger partial charge in [-0.05, 0) is 47.3 Å². The molecule has 0 amide bonds. The van der Waals surface area contributed by atoms with E-state index in [1.165, 1.54) is 0 Å². The van der Waals surface area contributed by atoms with Crippen molar-refractivity contribution in [3.63, 3.8) is 0 Å². The quantitative estimate of drug-likeness (QED) is 0.864. The van der Waals surface area contributed by atoms with Gasteiger partial charge in [-0.2, -0.15) is 0 Å². The molecule has 1 aromatic carbocycles. The largest absolute Gasteiger partial charge is 0.330 e. The van der Waals surface area contributed by atoms with Crippen LogP contribution in [-0.2, 0) is 6.42 Å². The molecule has 4 nitrogen and oxygen atoms in total. The number of hydrogen-bond donors (Lipinski definition) is 1. The minimum atomic E-state index is 0.580. The summed E-state index contributed by atoms with van der Waals surface area (Å²) in [6.45, 7) is 0.580. The zero-order valence-electron chi connectivity index (χ0n) is 8.40. The van der Waals surface area contributed by atoms with Gasteiger partial charge in [-0.3, -0.25) is 0 Å². The first-order valence-electron chi connectivity index (χ1n) is 4.77. The molecule has 0 radical (unpaired) electrons. The summed E-state index contributed by atoms with van der Waals surface area (Å²) in [5.41, 5.74) is 7.33. The van der Waals surface area contributed by atoms with E-state index in [1.54, 1.807) is 4.68 Å². The third-order valence-corrected chi connectivity index (χ3v) is 3.20. The van der Waals surface area contributed by atoms with Crippen LogP contribution in [0.3, 0.4) is 0 Å². The Kier molecular flexibility index (Phi) is 3.78. The number of rotatable bonds is 3. The van der Waals surface area contributed by atoms with Gasteiger partial charge >= 0.3 is 0 Å². The van der Waals surface area contributed by atoms with Gasteiger partial charge in [-0.15, -0.1) is 5.10 Å². The van der Waals surface area contributed by atoms with E-state index < -0.39 is 0 Å². The first-order chi connectivity index (χ1) is 7.70. The van der Waals surface area contributed by atoms with E-state index in [-0.39, 0.29) is 0 Å². The third-order valence-electron chi connectivity index (χ3n) is 2.10. The van der Waals surface area contributed by atoms with Crippen LogP contribution in [0.4, 0.5) is 0 Å². The van der Waals surface area contributed by atoms with Crippen LogP contribution in [0.2, 0.25) is 5.02 Å². The van der Waals surface area contributed by atoms with Crippen LogP contribution in [0, 0.1) is 3.57 Å². The van der Waals surface area contributed by atoms with Crippen molar-refractivity contribution in [1.82, 2.24) is 15.0 Å². The summed E-state index contributed by atoms with van der Waals surface area (Å²) in [7, 11) is 0. The lowest BCUT2D eigenvalue weighted by molar-refractivity contribution is 0.792. The standard InChI is InChI=1S/C10H10ClIN4/c11-7-1-2-10(9(12)5-7)16-6-8(3-4-13)14-15-16/h1-2,5-6H,3-4,13H2. The van der Waals surface area contributed by atoms with E-state index in [2.05, 4.69) is 32.9 Å². The molecule has 1 heterocycles. The van der Waals surface area contributed by atoms with Gasteiger partial charge in [0.15, 0.2) is 0 Å². The molecule has 0 saturated carbocycles. The SMILES string of the molecule is NCCc1cn(-c2ccc(Cl)cc2I)nn1. The Hall–Kier alpha value is -0.660. The molecule has 1 aromatic heterocycles. The monoisotopic (exact) mass is 348 g/mol. The second kappa shape index (κ2) is 5.11. The van der Waals surface area contributed by atoms with Gasteiger partial charge in [0, 0.05) is 15.0 Å². The summed E-state index contributed by atoms with van der Waals surface area (Å²) in [4.78, 5) is 0. The normalized spacial score (nSPS) is 10.7. The smallest absolute Gasteiger partial charge is 0.0844 e. The maximum Gasteiger partial charge on any atom is 0.0844 e. The van der Waals surface area contributed by atoms with E-state index >= 15 is 0 Å². The molecule has 0 aliphatic heterocycles. The number of nitrogens with two attached hydrogens (primary N) is 1. The van der Waals surface area contributed by atoms with Gasteiger partial charge in [0.1, 0.15) is 0 Å². The molecular weight excluding hydrogens is 338 g/mol. The summed E-state index contributed by atoms with van der Waals surface area (Å²) < 4.78 is 2.78. The van der Waals surface area contributed by atoms with Crippen LogP contribution >= 0.6 is 34.2 Å². The van der Waals surface area contributed by atoms with Crippen molar-refractivity contribution in [2.75, 3.05) is 6.54 Å². The van der Waals surface area contributed by atoms with Crippen LogP contribution in [0.25, 0.3) is 5.69 Å². The van der Waals surface area contributed by atoms with Gasteiger partial charge in [-0.25, -0.2) is 4.68 Å². The highest BCUT2D eigenvalue weighted by Gasteiger charge is 2.06. The van der Waals surface area contributed by atoms with Crippen molar-refractivity contribution in [3.05, 3.63) is 38.7 Å². The zero-order valence-corrected chi connectivity index (χ0v) is 11.3. The molecule has 0 atom stereocenters. The van der Waals surface area contributed by atoms with E-state index in [1.807, 2.05) is 24.4 Å². The van der Waals surface area contributed by atoms with Gasteiger partial charge in [0.05, 0.1) is 17.6 Å². The number of nitrogens with zero attached hydrogens (tertiary/aromatic N) is 3. The topological polar surface area (TPSA) is 56.7 Å². The van der Waals surface area contributed by atoms with E-state index in [0.29, 0.717) is 6.54 Å². The van der Waals surface area contributed by atoms with Crippen molar-refractivity contribution in [3.8, 4) is 5.69 Å². The Morgan fingerprint density at radius 1 is 1.44 bits per heavy atom. The summed E-state index contributed by atoms with van der Waals surface area (Å²) >= 11 is 8.12. The highest BCUT2D eigenvalue weighted by molar-refractivity contribution is 14.1. The Labute approximate surface area is 112 Å². The molecule has 0 fully saturated rings. The Bertz CT molecular complexity index is 497. The number of aromatic nitrogens is 3. The summed E-state index contributed by atoms with van der Waals surface area (Å²) in [5, 5.41) is 8.82. The summed E-state index contributed by atoms with van der Waals surface area (Å²) in [6, 6.07) is 5.65. The molecule has 2 rings (SSSR count). The van der Waals surface area contributed by atoms with Crippen LogP contribution < -0.4 is 5.73 Å². The lowest BCUT2D eigenvalue weighted by Crippen LogP contribution is -2.02. The molecule has 0 bridgehead atoms. The molecular formula is C10H10ClIN4. The van der Waals surface area contributed by atoms with Crippen molar-refractivity contribution in [2.45, 2.75) is 6.42 Å². The lowest BCUT2D eigenvalue weighted by atomic mass is 10.3. The minimum absolute atomic E-state index is 0.580. The summed E-state index contributed by atoms with van der Waals surface area (Å²) in [5.74, 6) is 0. The molecule has 0 unspecified atom stereocenters. The first kappa shape index (κ1) is 11.8. The van der Waals surface area contributed by atoms with Crippen molar-refractivity contribution in [1.29, 1.82) is 0 Å². The Morgan fingerprint density at radius 3 is 2.94 bits per heavy atom. The van der Waals surface area contributed by atoms with Crippen molar-refractivity contribution in [2.24, 2.45) is 5.73 Å². The molecule has 16 heavy (non-hydrogen) atoms. The number of hydrogen-bond acceptors (Lipinski definition) is 3. The maximum atomic E-state index is 5.89. The van der Waals surface area contributed by atoms with Crippen LogP contribution in [0.5, 0.6) is 0 Å². The fourth-order valence-electron chi connectivity index (χ4n) is 1.35. The molecule has 0 aliphatic rings. The fourth-order valence-corrected chi connectivity index (χ4v) is 2.46. The molecule has 0 saturated heterocycles. The van der Waals surface area contributed by atoms with Gasteiger partial charge < -0.3 is 5.73 Å². The van der Waals surface area contributed by atoms with Crippen molar-refractivity contribution < 1.29 is 0 Å². The zero-order chi connectivity index (χ0) is 11.5. The van der Waals surface area contributed by atoms with Gasteiger partial charge in [0.25, 0.3) is 0 Å². The van der Waals surface area contributed by atoms with Crippen molar-refractivity contribution >= 4 is 34.2 Å². The molecule has 84 valence electrons. The van der Waals surface area contributed by atoms with Crippen LogP contribution in [0.15, 0.2) is 24.4 Å². The lowest BCUT2D eigenvalue weighted by Gasteiger charge is -2.03. The van der Waals surface area contributed by atoms with Crippen LogP contribution in [0.1, 0.15) is 5.69 Å². The van der Waals surface area contributed by atoms with Gasteiger partial charge in [0.2, 0.25) is 0 Å². The average molecular weight is 349 g/mol. The molecule has 0 aliphatic carbocycles. The predicted octanol–water partition coefficient (Wildman–Crippen LogP) is 2.03. The first-order valence-corrected chi connectivity index (χ1v) is 6.23. The fraction of sp³-hybridized carbons (Fsp3) is 0.200. The van der Waals surface area contributed by atoms with Gasteiger partial charge in [-0.1, -0.05) is 16.8 Å². The summed E-state index contributed by atoms with van der Waals surface area (Å²) in [6.07, 6.45) is 2.63. The van der Waals surface area contributed by atoms with Crippen LogP contribution in [-0.4, -0.2) is 21.5 Å². The molecule has 2 N–H and O–H groups in total. The number of benzene rings is 1. The second-order valence-electron chi connectivity index (χ2n) is 3.29. The van der Waals surface area contributed by atoms with E-state index in [0.717, 1.165) is 26.4 Å². The average Bonchev–Trinajstić information content (AvgIpc) is 2.67. The second-order valence-corrected chi connectivity index (χ2v) is 4.89. The maximum absolute atomic E-state index is 5.89. The highest BCUT2D eigenvalue weighted by Crippen LogP contribution is 2.20. The third kappa shape index (κ3) is 2.53. The number of halogens is 2. The minimum Gasteiger partial charge on any atom is -0.330 e. The Balaban J connectivity index is 2.35. The Morgan fingerprint density at radius 2 is 2.25 bits per heavy atom. The highest BCUT2D eigenvalue weighted by atomic mass is 127. The van der Waals surface area contributed by atoms with E-state index in [9.17, 15) is 0 Å². The molecule has 6 heteroatoms. The molecule has 0 spiro atoms.